The Labute approximate surface area is 212 Å². The smallest absolute Gasteiger partial charge is 0.161 e. The van der Waals surface area contributed by atoms with Gasteiger partial charge in [-0.25, -0.2) is 9.97 Å². The van der Waals surface area contributed by atoms with E-state index in [1.165, 1.54) is 9.75 Å². The monoisotopic (exact) mass is 491 g/mol. The molecule has 0 spiro atoms. The Hall–Kier alpha value is -4.30. The van der Waals surface area contributed by atoms with Crippen LogP contribution in [0.2, 0.25) is 0 Å². The fraction of sp³-hybridized carbons (Fsp3) is 0.143. The number of thiophene rings is 1. The normalized spacial score (nSPS) is 11.6. The van der Waals surface area contributed by atoms with Crippen LogP contribution in [0, 0.1) is 12.8 Å². The minimum absolute atomic E-state index is 0.324. The molecule has 6 rings (SSSR count). The second kappa shape index (κ2) is 8.73. The van der Waals surface area contributed by atoms with Crippen LogP contribution in [-0.2, 0) is 0 Å². The zero-order valence-electron chi connectivity index (χ0n) is 20.3. The molecule has 7 nitrogen and oxygen atoms in total. The van der Waals surface area contributed by atoms with Crippen molar-refractivity contribution in [3.05, 3.63) is 78.1 Å². The molecule has 178 valence electrons. The highest BCUT2D eigenvalue weighted by Gasteiger charge is 2.17. The highest BCUT2D eigenvalue weighted by Crippen LogP contribution is 2.35. The largest absolute Gasteiger partial charge is 0.358 e. The van der Waals surface area contributed by atoms with E-state index in [2.05, 4.69) is 77.1 Å². The third-order valence-electron chi connectivity index (χ3n) is 6.19. The number of hydrogen-bond acceptors (Lipinski definition) is 6. The maximum Gasteiger partial charge on any atom is 0.161 e. The molecule has 6 aromatic rings. The van der Waals surface area contributed by atoms with Crippen LogP contribution >= 0.6 is 11.3 Å². The summed E-state index contributed by atoms with van der Waals surface area (Å²) in [6.07, 6.45) is 3.60. The van der Waals surface area contributed by atoms with Crippen LogP contribution < -0.4 is 5.32 Å². The first-order valence-electron chi connectivity index (χ1n) is 11.8. The van der Waals surface area contributed by atoms with Crippen molar-refractivity contribution in [1.82, 2.24) is 30.1 Å². The van der Waals surface area contributed by atoms with E-state index < -0.39 is 0 Å². The Bertz CT molecular complexity index is 1740. The van der Waals surface area contributed by atoms with Gasteiger partial charge in [-0.15, -0.1) is 11.3 Å². The number of nitrogens with zero attached hydrogens (tertiary/aromatic N) is 4. The third kappa shape index (κ3) is 3.95. The van der Waals surface area contributed by atoms with Crippen LogP contribution in [0.5, 0.6) is 0 Å². The predicted molar refractivity (Wildman–Crippen MR) is 148 cm³/mol. The third-order valence-corrected chi connectivity index (χ3v) is 7.22. The summed E-state index contributed by atoms with van der Waals surface area (Å²) in [7, 11) is 0. The van der Waals surface area contributed by atoms with Crippen molar-refractivity contribution in [1.29, 1.82) is 0 Å². The number of imidazole rings is 1. The summed E-state index contributed by atoms with van der Waals surface area (Å²) < 4.78 is 0. The molecule has 3 N–H and O–H groups in total. The molecule has 8 heteroatoms. The van der Waals surface area contributed by atoms with Crippen LogP contribution in [0.4, 0.5) is 5.69 Å². The van der Waals surface area contributed by atoms with Gasteiger partial charge in [-0.05, 0) is 49.2 Å². The molecule has 0 atom stereocenters. The number of fused-ring (bicyclic) bond motifs is 2. The van der Waals surface area contributed by atoms with Crippen molar-refractivity contribution in [2.75, 3.05) is 5.32 Å². The van der Waals surface area contributed by atoms with E-state index in [1.54, 1.807) is 17.5 Å². The summed E-state index contributed by atoms with van der Waals surface area (Å²) in [5.74, 6) is 1.01. The van der Waals surface area contributed by atoms with Gasteiger partial charge >= 0.3 is 0 Å². The SMILES string of the molecule is C=C(Nc1cncc(-c2ccc3[nH]nc(-c4nc5c(-c6ccc(C)s6)cccc5[nH]4)c3n2)c1)C(C)C. The Kier molecular flexibility index (Phi) is 5.38. The molecule has 0 saturated heterocycles. The van der Waals surface area contributed by atoms with Gasteiger partial charge in [0.15, 0.2) is 11.5 Å². The molecule has 0 saturated carbocycles. The van der Waals surface area contributed by atoms with Gasteiger partial charge in [0.05, 0.1) is 34.1 Å². The molecule has 5 aromatic heterocycles. The number of aryl methyl sites for hydroxylation is 1. The van der Waals surface area contributed by atoms with E-state index in [-0.39, 0.29) is 0 Å². The Morgan fingerprint density at radius 1 is 1.00 bits per heavy atom. The molecule has 0 aliphatic carbocycles. The standard InChI is InChI=1S/C28H25N7S/c1-15(2)17(4)30-19-12-18(13-29-14-19)21-9-10-23-26(31-21)27(35-34-23)28-32-22-7-5-6-20(25(22)33-28)24-11-8-16(3)36-24/h5-15,30H,4H2,1-3H3,(H,32,33)(H,34,35). The van der Waals surface area contributed by atoms with Gasteiger partial charge in [-0.2, -0.15) is 5.10 Å². The van der Waals surface area contributed by atoms with Gasteiger partial charge in [0.2, 0.25) is 0 Å². The first kappa shape index (κ1) is 22.2. The molecule has 5 heterocycles. The lowest BCUT2D eigenvalue weighted by atomic mass is 10.1. The minimum Gasteiger partial charge on any atom is -0.358 e. The highest BCUT2D eigenvalue weighted by molar-refractivity contribution is 7.15. The number of para-hydroxylation sites is 1. The van der Waals surface area contributed by atoms with E-state index >= 15 is 0 Å². The van der Waals surface area contributed by atoms with Crippen molar-refractivity contribution >= 4 is 39.1 Å². The zero-order chi connectivity index (χ0) is 24.8. The number of H-pyrrole nitrogens is 2. The first-order chi connectivity index (χ1) is 17.5. The van der Waals surface area contributed by atoms with Crippen molar-refractivity contribution in [3.8, 4) is 33.2 Å². The number of anilines is 1. The average Bonchev–Trinajstić information content (AvgIpc) is 3.61. The number of benzene rings is 1. The number of nitrogens with one attached hydrogen (secondary N) is 3. The maximum absolute atomic E-state index is 4.95. The van der Waals surface area contributed by atoms with Gasteiger partial charge in [0.1, 0.15) is 5.52 Å². The van der Waals surface area contributed by atoms with E-state index in [4.69, 9.17) is 9.97 Å². The molecular formula is C28H25N7S. The molecule has 0 radical (unpaired) electrons. The number of allylic oxidation sites excluding steroid dienone is 1. The molecule has 1 aromatic carbocycles. The second-order valence-electron chi connectivity index (χ2n) is 9.13. The van der Waals surface area contributed by atoms with Crippen molar-refractivity contribution in [2.24, 2.45) is 5.92 Å². The molecular weight excluding hydrogens is 466 g/mol. The maximum atomic E-state index is 4.95. The first-order valence-corrected chi connectivity index (χ1v) is 12.6. The lowest BCUT2D eigenvalue weighted by Gasteiger charge is -2.13. The van der Waals surface area contributed by atoms with E-state index in [0.717, 1.165) is 50.3 Å². The van der Waals surface area contributed by atoms with Gasteiger partial charge in [0, 0.05) is 32.8 Å². The van der Waals surface area contributed by atoms with Gasteiger partial charge < -0.3 is 10.3 Å². The Balaban J connectivity index is 1.41. The summed E-state index contributed by atoms with van der Waals surface area (Å²) in [6.45, 7) is 10.4. The number of rotatable bonds is 6. The lowest BCUT2D eigenvalue weighted by Crippen LogP contribution is -2.04. The second-order valence-corrected chi connectivity index (χ2v) is 10.4. The molecule has 0 bridgehead atoms. The molecule has 0 fully saturated rings. The Morgan fingerprint density at radius 3 is 2.69 bits per heavy atom. The van der Waals surface area contributed by atoms with Crippen LogP contribution in [0.1, 0.15) is 18.7 Å². The Morgan fingerprint density at radius 2 is 1.89 bits per heavy atom. The highest BCUT2D eigenvalue weighted by atomic mass is 32.1. The minimum atomic E-state index is 0.324. The molecule has 0 aliphatic heterocycles. The average molecular weight is 492 g/mol. The fourth-order valence-corrected chi connectivity index (χ4v) is 5.02. The number of aromatic nitrogens is 6. The molecule has 36 heavy (non-hydrogen) atoms. The summed E-state index contributed by atoms with van der Waals surface area (Å²) in [5.41, 5.74) is 8.83. The summed E-state index contributed by atoms with van der Waals surface area (Å²) in [6, 6.07) is 16.5. The van der Waals surface area contributed by atoms with Crippen molar-refractivity contribution in [2.45, 2.75) is 20.8 Å². The summed E-state index contributed by atoms with van der Waals surface area (Å²) >= 11 is 1.77. The van der Waals surface area contributed by atoms with Crippen LogP contribution in [-0.4, -0.2) is 30.1 Å². The van der Waals surface area contributed by atoms with E-state index in [1.807, 2.05) is 30.5 Å². The number of aromatic amines is 2. The number of hydrogen-bond donors (Lipinski definition) is 3. The zero-order valence-corrected chi connectivity index (χ0v) is 21.1. The van der Waals surface area contributed by atoms with Gasteiger partial charge in [-0.3, -0.25) is 10.1 Å². The van der Waals surface area contributed by atoms with Gasteiger partial charge in [-0.1, -0.05) is 32.6 Å². The predicted octanol–water partition coefficient (Wildman–Crippen LogP) is 7.18. The van der Waals surface area contributed by atoms with Crippen LogP contribution in [0.15, 0.2) is 73.2 Å². The van der Waals surface area contributed by atoms with Crippen molar-refractivity contribution < 1.29 is 0 Å². The fourth-order valence-electron chi connectivity index (χ4n) is 4.13. The molecule has 0 unspecified atom stereocenters. The van der Waals surface area contributed by atoms with Crippen molar-refractivity contribution in [3.63, 3.8) is 0 Å². The van der Waals surface area contributed by atoms with E-state index in [0.29, 0.717) is 17.4 Å². The quantitative estimate of drug-likeness (QED) is 0.229. The summed E-state index contributed by atoms with van der Waals surface area (Å²) in [4.78, 5) is 20.2. The van der Waals surface area contributed by atoms with Crippen LogP contribution in [0.25, 0.3) is 55.3 Å². The van der Waals surface area contributed by atoms with E-state index in [9.17, 15) is 0 Å². The van der Waals surface area contributed by atoms with Gasteiger partial charge in [0.25, 0.3) is 0 Å². The van der Waals surface area contributed by atoms with Crippen LogP contribution in [0.3, 0.4) is 0 Å². The lowest BCUT2D eigenvalue weighted by molar-refractivity contribution is 0.778. The summed E-state index contributed by atoms with van der Waals surface area (Å²) in [5, 5.41) is 11.0. The number of pyridine rings is 2. The topological polar surface area (TPSA) is 95.2 Å². The molecule has 0 aliphatic rings. The molecule has 0 amide bonds.